The number of nitrogens with zero attached hydrogens (tertiary/aromatic N) is 1. The second kappa shape index (κ2) is 4.97. The van der Waals surface area contributed by atoms with Gasteiger partial charge in [0.25, 0.3) is 0 Å². The maximum Gasteiger partial charge on any atom is 0.0503 e. The lowest BCUT2D eigenvalue weighted by Crippen LogP contribution is -2.35. The van der Waals surface area contributed by atoms with E-state index in [4.69, 9.17) is 4.74 Å². The lowest BCUT2D eigenvalue weighted by Gasteiger charge is -2.27. The topological polar surface area (TPSA) is 12.5 Å². The Balaban J connectivity index is 2.46. The van der Waals surface area contributed by atoms with Gasteiger partial charge in [-0.3, -0.25) is 4.90 Å². The molecule has 1 saturated heterocycles. The van der Waals surface area contributed by atoms with E-state index in [1.54, 1.807) is 7.11 Å². The quantitative estimate of drug-likeness (QED) is 0.665. The first-order valence-electron chi connectivity index (χ1n) is 5.43. The van der Waals surface area contributed by atoms with Crippen molar-refractivity contribution in [2.75, 3.05) is 20.3 Å². The standard InChI is InChI=1S/C11H23NO/c1-5-11-6-10(8-13-4)7-12(11)9(2)3/h9-11H,5-8H2,1-4H3/t10?,11-/m1/s1. The van der Waals surface area contributed by atoms with Gasteiger partial charge < -0.3 is 4.74 Å². The largest absolute Gasteiger partial charge is 0.384 e. The molecule has 0 aliphatic carbocycles. The van der Waals surface area contributed by atoms with Crippen LogP contribution in [0.25, 0.3) is 0 Å². The molecular weight excluding hydrogens is 162 g/mol. The van der Waals surface area contributed by atoms with Gasteiger partial charge >= 0.3 is 0 Å². The molecule has 2 nitrogen and oxygen atoms in total. The average molecular weight is 185 g/mol. The molecule has 0 saturated carbocycles. The van der Waals surface area contributed by atoms with E-state index in [1.807, 2.05) is 0 Å². The van der Waals surface area contributed by atoms with Crippen LogP contribution in [0.3, 0.4) is 0 Å². The summed E-state index contributed by atoms with van der Waals surface area (Å²) < 4.78 is 5.22. The fraction of sp³-hybridized carbons (Fsp3) is 1.00. The maximum absolute atomic E-state index is 5.22. The predicted octanol–water partition coefficient (Wildman–Crippen LogP) is 2.14. The van der Waals surface area contributed by atoms with Gasteiger partial charge in [-0.25, -0.2) is 0 Å². The van der Waals surface area contributed by atoms with Gasteiger partial charge in [0, 0.05) is 25.7 Å². The molecule has 1 fully saturated rings. The third kappa shape index (κ3) is 2.68. The molecule has 0 N–H and O–H groups in total. The van der Waals surface area contributed by atoms with Gasteiger partial charge in [-0.05, 0) is 32.6 Å². The second-order valence-corrected chi connectivity index (χ2v) is 4.41. The maximum atomic E-state index is 5.22. The molecule has 1 heterocycles. The number of likely N-dealkylation sites (tertiary alicyclic amines) is 1. The minimum absolute atomic E-state index is 0.687. The summed E-state index contributed by atoms with van der Waals surface area (Å²) in [6.45, 7) is 9.02. The van der Waals surface area contributed by atoms with Gasteiger partial charge in [0.15, 0.2) is 0 Å². The van der Waals surface area contributed by atoms with E-state index in [0.717, 1.165) is 18.6 Å². The Morgan fingerprint density at radius 1 is 1.46 bits per heavy atom. The Labute approximate surface area is 82.3 Å². The number of ether oxygens (including phenoxy) is 1. The molecule has 0 spiro atoms. The Bertz CT molecular complexity index is 147. The average Bonchev–Trinajstić information content (AvgIpc) is 2.48. The smallest absolute Gasteiger partial charge is 0.0503 e. The number of rotatable bonds is 4. The molecule has 1 unspecified atom stereocenters. The SMILES string of the molecule is CC[C@@H]1CC(COC)CN1C(C)C. The van der Waals surface area contributed by atoms with Crippen LogP contribution in [0.2, 0.25) is 0 Å². The molecule has 0 aromatic carbocycles. The molecule has 0 aromatic heterocycles. The first kappa shape index (κ1) is 11.0. The van der Waals surface area contributed by atoms with Crippen molar-refractivity contribution in [3.8, 4) is 0 Å². The highest BCUT2D eigenvalue weighted by molar-refractivity contribution is 4.86. The van der Waals surface area contributed by atoms with Crippen LogP contribution in [0.1, 0.15) is 33.6 Å². The molecule has 0 aromatic rings. The van der Waals surface area contributed by atoms with Gasteiger partial charge in [0.05, 0.1) is 6.61 Å². The van der Waals surface area contributed by atoms with Gasteiger partial charge in [0.2, 0.25) is 0 Å². The number of hydrogen-bond donors (Lipinski definition) is 0. The van der Waals surface area contributed by atoms with Crippen LogP contribution in [0.5, 0.6) is 0 Å². The second-order valence-electron chi connectivity index (χ2n) is 4.41. The molecule has 1 aliphatic heterocycles. The minimum atomic E-state index is 0.687. The third-order valence-electron chi connectivity index (χ3n) is 3.08. The van der Waals surface area contributed by atoms with Crippen molar-refractivity contribution >= 4 is 0 Å². The molecule has 0 bridgehead atoms. The molecule has 2 heteroatoms. The lowest BCUT2D eigenvalue weighted by molar-refractivity contribution is 0.147. The molecule has 13 heavy (non-hydrogen) atoms. The van der Waals surface area contributed by atoms with Crippen molar-refractivity contribution in [2.24, 2.45) is 5.92 Å². The van der Waals surface area contributed by atoms with Crippen molar-refractivity contribution in [1.82, 2.24) is 4.90 Å². The molecule has 2 atom stereocenters. The van der Waals surface area contributed by atoms with Gasteiger partial charge in [-0.2, -0.15) is 0 Å². The Kier molecular flexibility index (Phi) is 4.20. The Morgan fingerprint density at radius 3 is 2.54 bits per heavy atom. The van der Waals surface area contributed by atoms with Crippen molar-refractivity contribution in [2.45, 2.75) is 45.7 Å². The van der Waals surface area contributed by atoms with Crippen LogP contribution in [-0.2, 0) is 4.74 Å². The van der Waals surface area contributed by atoms with Crippen LogP contribution in [0, 0.1) is 5.92 Å². The highest BCUT2D eigenvalue weighted by Crippen LogP contribution is 2.27. The van der Waals surface area contributed by atoms with Crippen LogP contribution in [0.15, 0.2) is 0 Å². The number of methoxy groups -OCH3 is 1. The van der Waals surface area contributed by atoms with E-state index in [1.165, 1.54) is 19.4 Å². The zero-order chi connectivity index (χ0) is 9.84. The summed E-state index contributed by atoms with van der Waals surface area (Å²) in [4.78, 5) is 2.61. The number of hydrogen-bond acceptors (Lipinski definition) is 2. The third-order valence-corrected chi connectivity index (χ3v) is 3.08. The predicted molar refractivity (Wildman–Crippen MR) is 55.9 cm³/mol. The first-order valence-corrected chi connectivity index (χ1v) is 5.43. The molecular formula is C11H23NO. The van der Waals surface area contributed by atoms with Crippen molar-refractivity contribution in [1.29, 1.82) is 0 Å². The summed E-state index contributed by atoms with van der Waals surface area (Å²) in [5.41, 5.74) is 0. The Morgan fingerprint density at radius 2 is 2.15 bits per heavy atom. The Hall–Kier alpha value is -0.0800. The normalized spacial score (nSPS) is 30.2. The molecule has 1 rings (SSSR count). The summed E-state index contributed by atoms with van der Waals surface area (Å²) in [7, 11) is 1.80. The van der Waals surface area contributed by atoms with Gasteiger partial charge in [-0.1, -0.05) is 6.92 Å². The highest BCUT2D eigenvalue weighted by Gasteiger charge is 2.31. The zero-order valence-corrected chi connectivity index (χ0v) is 9.42. The van der Waals surface area contributed by atoms with E-state index in [0.29, 0.717) is 6.04 Å². The van der Waals surface area contributed by atoms with E-state index >= 15 is 0 Å². The highest BCUT2D eigenvalue weighted by atomic mass is 16.5. The minimum Gasteiger partial charge on any atom is -0.384 e. The molecule has 0 radical (unpaired) electrons. The van der Waals surface area contributed by atoms with Crippen molar-refractivity contribution in [3.05, 3.63) is 0 Å². The molecule has 78 valence electrons. The van der Waals surface area contributed by atoms with Crippen molar-refractivity contribution < 1.29 is 4.74 Å². The van der Waals surface area contributed by atoms with Gasteiger partial charge in [0.1, 0.15) is 0 Å². The zero-order valence-electron chi connectivity index (χ0n) is 9.42. The lowest BCUT2D eigenvalue weighted by atomic mass is 10.1. The first-order chi connectivity index (χ1) is 6.19. The summed E-state index contributed by atoms with van der Waals surface area (Å²) in [5.74, 6) is 0.761. The van der Waals surface area contributed by atoms with Crippen LogP contribution in [0.4, 0.5) is 0 Å². The van der Waals surface area contributed by atoms with E-state index in [9.17, 15) is 0 Å². The van der Waals surface area contributed by atoms with Crippen LogP contribution >= 0.6 is 0 Å². The van der Waals surface area contributed by atoms with Crippen LogP contribution < -0.4 is 0 Å². The van der Waals surface area contributed by atoms with E-state index < -0.39 is 0 Å². The van der Waals surface area contributed by atoms with E-state index in [2.05, 4.69) is 25.7 Å². The van der Waals surface area contributed by atoms with Crippen molar-refractivity contribution in [3.63, 3.8) is 0 Å². The summed E-state index contributed by atoms with van der Waals surface area (Å²) in [5, 5.41) is 0. The molecule has 1 aliphatic rings. The monoisotopic (exact) mass is 185 g/mol. The fourth-order valence-corrected chi connectivity index (χ4v) is 2.43. The summed E-state index contributed by atoms with van der Waals surface area (Å²) in [6.07, 6.45) is 2.60. The van der Waals surface area contributed by atoms with Crippen LogP contribution in [-0.4, -0.2) is 37.2 Å². The molecule has 0 amide bonds. The van der Waals surface area contributed by atoms with Gasteiger partial charge in [-0.15, -0.1) is 0 Å². The van der Waals surface area contributed by atoms with E-state index in [-0.39, 0.29) is 0 Å². The summed E-state index contributed by atoms with van der Waals surface area (Å²) in [6, 6.07) is 1.48. The fourth-order valence-electron chi connectivity index (χ4n) is 2.43. The summed E-state index contributed by atoms with van der Waals surface area (Å²) >= 11 is 0.